The van der Waals surface area contributed by atoms with Crippen LogP contribution in [0, 0.1) is 13.8 Å². The molecule has 2 aromatic carbocycles. The summed E-state index contributed by atoms with van der Waals surface area (Å²) in [5.41, 5.74) is 5.41. The zero-order chi connectivity index (χ0) is 25.8. The molecule has 1 atom stereocenters. The van der Waals surface area contributed by atoms with Gasteiger partial charge < -0.3 is 4.98 Å². The Balaban J connectivity index is 1.48. The molecule has 37 heavy (non-hydrogen) atoms. The molecule has 0 amide bonds. The van der Waals surface area contributed by atoms with Crippen LogP contribution in [0.3, 0.4) is 0 Å². The van der Waals surface area contributed by atoms with E-state index in [2.05, 4.69) is 88.6 Å². The molecule has 4 aromatic rings. The highest BCUT2D eigenvalue weighted by Gasteiger charge is 2.33. The molecule has 0 saturated heterocycles. The molecular formula is C30H38N6O. The van der Waals surface area contributed by atoms with Gasteiger partial charge in [0.05, 0.1) is 6.04 Å². The molecule has 2 heterocycles. The lowest BCUT2D eigenvalue weighted by atomic mass is 10.0. The van der Waals surface area contributed by atoms with Gasteiger partial charge in [-0.3, -0.25) is 9.69 Å². The highest BCUT2D eigenvalue weighted by molar-refractivity contribution is 5.80. The van der Waals surface area contributed by atoms with Gasteiger partial charge in [-0.1, -0.05) is 56.5 Å². The van der Waals surface area contributed by atoms with Crippen molar-refractivity contribution in [3.05, 3.63) is 87.0 Å². The van der Waals surface area contributed by atoms with Gasteiger partial charge in [-0.05, 0) is 90.2 Å². The molecule has 5 rings (SSSR count). The lowest BCUT2D eigenvalue weighted by Crippen LogP contribution is -2.39. The van der Waals surface area contributed by atoms with Crippen LogP contribution in [-0.4, -0.2) is 36.1 Å². The lowest BCUT2D eigenvalue weighted by Gasteiger charge is -2.35. The van der Waals surface area contributed by atoms with Crippen LogP contribution >= 0.6 is 0 Å². The molecule has 194 valence electrons. The van der Waals surface area contributed by atoms with Crippen molar-refractivity contribution in [2.24, 2.45) is 0 Å². The molecular weight excluding hydrogens is 460 g/mol. The second kappa shape index (κ2) is 11.4. The van der Waals surface area contributed by atoms with Crippen molar-refractivity contribution in [3.8, 4) is 0 Å². The Morgan fingerprint density at radius 1 is 1.08 bits per heavy atom. The second-order valence-corrected chi connectivity index (χ2v) is 10.6. The van der Waals surface area contributed by atoms with Crippen LogP contribution < -0.4 is 5.56 Å². The molecule has 7 heteroatoms. The van der Waals surface area contributed by atoms with Gasteiger partial charge in [-0.2, -0.15) is 0 Å². The van der Waals surface area contributed by atoms with Crippen LogP contribution in [0.4, 0.5) is 0 Å². The third kappa shape index (κ3) is 5.67. The van der Waals surface area contributed by atoms with Crippen molar-refractivity contribution in [1.29, 1.82) is 0 Å². The molecule has 1 aliphatic carbocycles. The Bertz CT molecular complexity index is 1390. The van der Waals surface area contributed by atoms with E-state index in [0.717, 1.165) is 60.9 Å². The molecule has 1 saturated carbocycles. The number of fused-ring (bicyclic) bond motifs is 1. The zero-order valence-corrected chi connectivity index (χ0v) is 22.3. The Morgan fingerprint density at radius 2 is 1.84 bits per heavy atom. The Labute approximate surface area is 218 Å². The molecule has 0 radical (unpaired) electrons. The number of rotatable bonds is 10. The fourth-order valence-corrected chi connectivity index (χ4v) is 5.77. The second-order valence-electron chi connectivity index (χ2n) is 10.6. The van der Waals surface area contributed by atoms with Gasteiger partial charge in [0.15, 0.2) is 5.82 Å². The third-order valence-corrected chi connectivity index (χ3v) is 7.96. The summed E-state index contributed by atoms with van der Waals surface area (Å²) in [6.45, 7) is 7.75. The fraction of sp³-hybridized carbons (Fsp3) is 0.467. The number of pyridine rings is 1. The van der Waals surface area contributed by atoms with Crippen LogP contribution in [0.5, 0.6) is 0 Å². The molecule has 1 N–H and O–H groups in total. The maximum atomic E-state index is 13.2. The van der Waals surface area contributed by atoms with Crippen molar-refractivity contribution >= 4 is 10.9 Å². The molecule has 0 spiro atoms. The minimum Gasteiger partial charge on any atom is -0.322 e. The maximum Gasteiger partial charge on any atom is 0.252 e. The summed E-state index contributed by atoms with van der Waals surface area (Å²) in [5.74, 6) is 0.911. The van der Waals surface area contributed by atoms with Gasteiger partial charge >= 0.3 is 0 Å². The van der Waals surface area contributed by atoms with E-state index in [4.69, 9.17) is 0 Å². The van der Waals surface area contributed by atoms with E-state index in [1.165, 1.54) is 29.5 Å². The Morgan fingerprint density at radius 3 is 2.59 bits per heavy atom. The Kier molecular flexibility index (Phi) is 7.79. The van der Waals surface area contributed by atoms with Crippen molar-refractivity contribution in [2.75, 3.05) is 0 Å². The number of nitrogens with zero attached hydrogens (tertiary/aromatic N) is 5. The van der Waals surface area contributed by atoms with E-state index in [-0.39, 0.29) is 11.6 Å². The zero-order valence-electron chi connectivity index (χ0n) is 22.3. The Hall–Kier alpha value is -3.32. The van der Waals surface area contributed by atoms with Gasteiger partial charge in [0, 0.05) is 30.2 Å². The minimum absolute atomic E-state index is 0.00216. The first-order valence-corrected chi connectivity index (χ1v) is 13.7. The quantitative estimate of drug-likeness (QED) is 0.305. The number of nitrogens with one attached hydrogen (secondary N) is 1. The molecule has 0 bridgehead atoms. The smallest absolute Gasteiger partial charge is 0.252 e. The van der Waals surface area contributed by atoms with Crippen LogP contribution in [0.2, 0.25) is 0 Å². The first-order chi connectivity index (χ1) is 18.0. The fourth-order valence-electron chi connectivity index (χ4n) is 5.77. The summed E-state index contributed by atoms with van der Waals surface area (Å²) in [4.78, 5) is 18.9. The van der Waals surface area contributed by atoms with Crippen molar-refractivity contribution in [1.82, 2.24) is 30.1 Å². The number of hydrogen-bond donors (Lipinski definition) is 1. The summed E-state index contributed by atoms with van der Waals surface area (Å²) >= 11 is 0. The van der Waals surface area contributed by atoms with Crippen molar-refractivity contribution < 1.29 is 0 Å². The van der Waals surface area contributed by atoms with Gasteiger partial charge in [0.1, 0.15) is 0 Å². The van der Waals surface area contributed by atoms with E-state index in [0.29, 0.717) is 12.6 Å². The first-order valence-electron chi connectivity index (χ1n) is 13.7. The summed E-state index contributed by atoms with van der Waals surface area (Å²) in [5, 5.41) is 14.1. The normalized spacial score (nSPS) is 15.1. The van der Waals surface area contributed by atoms with E-state index in [1.807, 2.05) is 10.7 Å². The number of H-pyrrole nitrogens is 1. The topological polar surface area (TPSA) is 79.7 Å². The number of aryl methyl sites for hydroxylation is 4. The average Bonchev–Trinajstić information content (AvgIpc) is 3.59. The molecule has 1 aliphatic rings. The predicted octanol–water partition coefficient (Wildman–Crippen LogP) is 5.66. The molecule has 7 nitrogen and oxygen atoms in total. The third-order valence-electron chi connectivity index (χ3n) is 7.96. The largest absolute Gasteiger partial charge is 0.322 e. The molecule has 2 aromatic heterocycles. The highest BCUT2D eigenvalue weighted by atomic mass is 16.1. The monoisotopic (exact) mass is 498 g/mol. The summed E-state index contributed by atoms with van der Waals surface area (Å²) in [6.07, 6.45) is 7.60. The minimum atomic E-state index is -0.00216. The van der Waals surface area contributed by atoms with Crippen LogP contribution in [0.1, 0.15) is 79.6 Å². The summed E-state index contributed by atoms with van der Waals surface area (Å²) in [6, 6.07) is 17.3. The van der Waals surface area contributed by atoms with Gasteiger partial charge in [-0.15, -0.1) is 5.10 Å². The summed E-state index contributed by atoms with van der Waals surface area (Å²) < 4.78 is 1.98. The number of benzene rings is 2. The number of tetrazole rings is 1. The number of hydrogen-bond acceptors (Lipinski definition) is 5. The average molecular weight is 499 g/mol. The van der Waals surface area contributed by atoms with E-state index in [1.54, 1.807) is 0 Å². The van der Waals surface area contributed by atoms with Crippen LogP contribution in [0.25, 0.3) is 10.9 Å². The standard InChI is InChI=1S/C30H38N6O/c1-4-10-28(29-32-33-34-36(29)16-15-23-11-6-5-7-12-23)35(26-13-8-9-14-26)20-25-19-24-17-21(2)22(3)18-27(24)31-30(25)37/h5-7,11-12,17-19,26,28H,4,8-10,13-16,20H2,1-3H3,(H,31,37)/t28-/m0/s1. The van der Waals surface area contributed by atoms with E-state index in [9.17, 15) is 4.79 Å². The van der Waals surface area contributed by atoms with E-state index >= 15 is 0 Å². The van der Waals surface area contributed by atoms with Gasteiger partial charge in [0.25, 0.3) is 5.56 Å². The van der Waals surface area contributed by atoms with Crippen LogP contribution in [0.15, 0.2) is 53.3 Å². The number of aromatic nitrogens is 5. The predicted molar refractivity (Wildman–Crippen MR) is 147 cm³/mol. The van der Waals surface area contributed by atoms with Crippen LogP contribution in [-0.2, 0) is 19.5 Å². The van der Waals surface area contributed by atoms with Gasteiger partial charge in [-0.25, -0.2) is 4.68 Å². The molecule has 0 unspecified atom stereocenters. The summed E-state index contributed by atoms with van der Waals surface area (Å²) in [7, 11) is 0. The van der Waals surface area contributed by atoms with Gasteiger partial charge in [0.2, 0.25) is 0 Å². The number of aromatic amines is 1. The SMILES string of the molecule is CCC[C@@H](c1nnnn1CCc1ccccc1)N(Cc1cc2cc(C)c(C)cc2[nH]c1=O)C1CCCC1. The van der Waals surface area contributed by atoms with Crippen molar-refractivity contribution in [3.63, 3.8) is 0 Å². The maximum absolute atomic E-state index is 13.2. The lowest BCUT2D eigenvalue weighted by molar-refractivity contribution is 0.108. The van der Waals surface area contributed by atoms with Crippen molar-refractivity contribution in [2.45, 2.75) is 90.9 Å². The highest BCUT2D eigenvalue weighted by Crippen LogP contribution is 2.34. The molecule has 0 aliphatic heterocycles. The van der Waals surface area contributed by atoms with E-state index < -0.39 is 0 Å². The molecule has 1 fully saturated rings. The first kappa shape index (κ1) is 25.3.